The van der Waals surface area contributed by atoms with E-state index in [9.17, 15) is 13.2 Å². The van der Waals surface area contributed by atoms with E-state index in [0.717, 1.165) is 12.1 Å². The third-order valence-electron chi connectivity index (χ3n) is 4.59. The molecule has 148 valence electrons. The Bertz CT molecular complexity index is 704. The van der Waals surface area contributed by atoms with Gasteiger partial charge >= 0.3 is 0 Å². The third-order valence-corrected chi connectivity index (χ3v) is 6.44. The highest BCUT2D eigenvalue weighted by Gasteiger charge is 2.30. The molecule has 2 heterocycles. The number of rotatable bonds is 3. The van der Waals surface area contributed by atoms with Crippen molar-refractivity contribution in [3.8, 4) is 0 Å². The maximum absolute atomic E-state index is 12.8. The highest BCUT2D eigenvalue weighted by atomic mass is 35.5. The number of amides is 1. The molecule has 26 heavy (non-hydrogen) atoms. The smallest absolute Gasteiger partial charge is 0.237 e. The molecule has 1 unspecified atom stereocenters. The van der Waals surface area contributed by atoms with Crippen LogP contribution in [0.15, 0.2) is 24.3 Å². The Hall–Kier alpha value is -0.570. The van der Waals surface area contributed by atoms with Gasteiger partial charge in [0.15, 0.2) is 9.84 Å². The lowest BCUT2D eigenvalue weighted by Gasteiger charge is -2.38. The Labute approximate surface area is 172 Å². The van der Waals surface area contributed by atoms with Gasteiger partial charge in [-0.25, -0.2) is 8.42 Å². The number of halogens is 3. The predicted octanol–water partition coefficient (Wildman–Crippen LogP) is 1.39. The number of sulfone groups is 1. The van der Waals surface area contributed by atoms with Crippen LogP contribution in [-0.4, -0.2) is 74.9 Å². The van der Waals surface area contributed by atoms with Crippen LogP contribution in [0.1, 0.15) is 11.6 Å². The van der Waals surface area contributed by atoms with Crippen LogP contribution >= 0.6 is 36.4 Å². The van der Waals surface area contributed by atoms with Gasteiger partial charge in [-0.3, -0.25) is 9.69 Å². The zero-order chi connectivity index (χ0) is 17.2. The Morgan fingerprint density at radius 3 is 2.54 bits per heavy atom. The second kappa shape index (κ2) is 10.1. The molecule has 0 aromatic heterocycles. The molecule has 2 aliphatic rings. The van der Waals surface area contributed by atoms with Gasteiger partial charge in [-0.2, -0.15) is 0 Å². The molecule has 1 aromatic rings. The first kappa shape index (κ1) is 23.5. The van der Waals surface area contributed by atoms with Crippen molar-refractivity contribution < 1.29 is 13.2 Å². The minimum atomic E-state index is -2.93. The molecule has 2 fully saturated rings. The molecule has 1 N–H and O–H groups in total. The van der Waals surface area contributed by atoms with E-state index in [1.807, 2.05) is 34.1 Å². The van der Waals surface area contributed by atoms with E-state index in [1.54, 1.807) is 0 Å². The predicted molar refractivity (Wildman–Crippen MR) is 108 cm³/mol. The van der Waals surface area contributed by atoms with E-state index < -0.39 is 9.84 Å². The van der Waals surface area contributed by atoms with Gasteiger partial charge < -0.3 is 10.2 Å². The lowest BCUT2D eigenvalue weighted by Crippen LogP contribution is -2.52. The summed E-state index contributed by atoms with van der Waals surface area (Å²) in [6.07, 6.45) is 0. The maximum atomic E-state index is 12.8. The number of benzene rings is 1. The van der Waals surface area contributed by atoms with Crippen LogP contribution in [0.5, 0.6) is 0 Å². The third kappa shape index (κ3) is 5.97. The van der Waals surface area contributed by atoms with Gasteiger partial charge in [0.2, 0.25) is 5.91 Å². The molecule has 0 spiro atoms. The van der Waals surface area contributed by atoms with Gasteiger partial charge in [-0.15, -0.1) is 24.8 Å². The molecule has 0 radical (unpaired) electrons. The Morgan fingerprint density at radius 2 is 1.88 bits per heavy atom. The zero-order valence-corrected chi connectivity index (χ0v) is 17.5. The summed E-state index contributed by atoms with van der Waals surface area (Å²) in [5, 5.41) is 3.98. The molecule has 1 amide bonds. The van der Waals surface area contributed by atoms with Crippen molar-refractivity contribution in [1.82, 2.24) is 15.1 Å². The normalized spacial score (nSPS) is 22.8. The SMILES string of the molecule is Cl.Cl.O=C(CN1CCS(=O)(=O)CC1)N1CCNCC1c1cccc(Cl)c1. The lowest BCUT2D eigenvalue weighted by molar-refractivity contribution is -0.135. The lowest BCUT2D eigenvalue weighted by atomic mass is 10.0. The molecule has 3 rings (SSSR count). The van der Waals surface area contributed by atoms with Crippen LogP contribution in [0.2, 0.25) is 5.02 Å². The first-order valence-electron chi connectivity index (χ1n) is 8.13. The maximum Gasteiger partial charge on any atom is 0.237 e. The van der Waals surface area contributed by atoms with E-state index in [2.05, 4.69) is 5.32 Å². The fourth-order valence-corrected chi connectivity index (χ4v) is 4.68. The highest BCUT2D eigenvalue weighted by molar-refractivity contribution is 7.91. The Morgan fingerprint density at radius 1 is 1.19 bits per heavy atom. The van der Waals surface area contributed by atoms with Crippen LogP contribution in [-0.2, 0) is 14.6 Å². The summed E-state index contributed by atoms with van der Waals surface area (Å²) < 4.78 is 23.0. The summed E-state index contributed by atoms with van der Waals surface area (Å²) in [5.41, 5.74) is 1.02. The largest absolute Gasteiger partial charge is 0.332 e. The fraction of sp³-hybridized carbons (Fsp3) is 0.562. The van der Waals surface area contributed by atoms with Gasteiger partial charge in [0, 0.05) is 37.7 Å². The zero-order valence-electron chi connectivity index (χ0n) is 14.3. The molecule has 2 saturated heterocycles. The van der Waals surface area contributed by atoms with Gasteiger partial charge in [0.25, 0.3) is 0 Å². The molecule has 6 nitrogen and oxygen atoms in total. The first-order chi connectivity index (χ1) is 11.4. The Kier molecular flexibility index (Phi) is 9.12. The van der Waals surface area contributed by atoms with Crippen molar-refractivity contribution >= 4 is 52.2 Å². The quantitative estimate of drug-likeness (QED) is 0.763. The monoisotopic (exact) mass is 443 g/mol. The standard InChI is InChI=1S/C16H22ClN3O3S.2ClH/c17-14-3-1-2-13(10-14)15-11-18-4-5-20(15)16(21)12-19-6-8-24(22,23)9-7-19;;/h1-3,10,15,18H,4-9,11-12H2;2*1H. The molecule has 0 bridgehead atoms. The molecule has 10 heteroatoms. The summed E-state index contributed by atoms with van der Waals surface area (Å²) in [6, 6.07) is 7.55. The molecule has 1 aromatic carbocycles. The Balaban J connectivity index is 0.00000169. The molecule has 2 aliphatic heterocycles. The molecule has 0 aliphatic carbocycles. The number of hydrogen-bond donors (Lipinski definition) is 1. The highest BCUT2D eigenvalue weighted by Crippen LogP contribution is 2.25. The van der Waals surface area contributed by atoms with Crippen molar-refractivity contribution in [2.45, 2.75) is 6.04 Å². The molecule has 1 atom stereocenters. The van der Waals surface area contributed by atoms with E-state index in [4.69, 9.17) is 11.6 Å². The summed E-state index contributed by atoms with van der Waals surface area (Å²) in [7, 11) is -2.93. The number of nitrogens with zero attached hydrogens (tertiary/aromatic N) is 2. The number of carbonyl (C=O) groups excluding carboxylic acids is 1. The van der Waals surface area contributed by atoms with Gasteiger partial charge in [-0.05, 0) is 17.7 Å². The van der Waals surface area contributed by atoms with E-state index >= 15 is 0 Å². The van der Waals surface area contributed by atoms with Gasteiger partial charge in [-0.1, -0.05) is 23.7 Å². The first-order valence-corrected chi connectivity index (χ1v) is 10.3. The number of nitrogens with one attached hydrogen (secondary N) is 1. The van der Waals surface area contributed by atoms with Crippen LogP contribution in [0.4, 0.5) is 0 Å². The average molecular weight is 445 g/mol. The van der Waals surface area contributed by atoms with E-state index in [1.165, 1.54) is 0 Å². The second-order valence-electron chi connectivity index (χ2n) is 6.29. The number of piperazine rings is 1. The molecule has 0 saturated carbocycles. The number of hydrogen-bond acceptors (Lipinski definition) is 5. The van der Waals surface area contributed by atoms with Crippen molar-refractivity contribution in [2.75, 3.05) is 50.8 Å². The van der Waals surface area contributed by atoms with Crippen molar-refractivity contribution in [3.63, 3.8) is 0 Å². The summed E-state index contributed by atoms with van der Waals surface area (Å²) in [5.74, 6) is 0.319. The molecular weight excluding hydrogens is 421 g/mol. The summed E-state index contributed by atoms with van der Waals surface area (Å²) in [4.78, 5) is 16.6. The van der Waals surface area contributed by atoms with E-state index in [0.29, 0.717) is 31.2 Å². The van der Waals surface area contributed by atoms with Crippen LogP contribution in [0.3, 0.4) is 0 Å². The van der Waals surface area contributed by atoms with Crippen molar-refractivity contribution in [1.29, 1.82) is 0 Å². The van der Waals surface area contributed by atoms with Crippen LogP contribution in [0.25, 0.3) is 0 Å². The van der Waals surface area contributed by atoms with Gasteiger partial charge in [0.05, 0.1) is 24.1 Å². The summed E-state index contributed by atoms with van der Waals surface area (Å²) >= 11 is 6.08. The van der Waals surface area contributed by atoms with Gasteiger partial charge in [0.1, 0.15) is 0 Å². The number of carbonyl (C=O) groups is 1. The average Bonchev–Trinajstić information content (AvgIpc) is 2.57. The molecular formula is C16H24Cl3N3O3S. The van der Waals surface area contributed by atoms with Crippen LogP contribution in [0, 0.1) is 0 Å². The summed E-state index contributed by atoms with van der Waals surface area (Å²) in [6.45, 7) is 3.23. The minimum absolute atomic E-state index is 0. The van der Waals surface area contributed by atoms with Crippen LogP contribution < -0.4 is 5.32 Å². The van der Waals surface area contributed by atoms with Crippen molar-refractivity contribution in [2.24, 2.45) is 0 Å². The fourth-order valence-electron chi connectivity index (χ4n) is 3.20. The van der Waals surface area contributed by atoms with E-state index in [-0.39, 0.29) is 54.8 Å². The second-order valence-corrected chi connectivity index (χ2v) is 9.03. The minimum Gasteiger partial charge on any atom is -0.332 e. The van der Waals surface area contributed by atoms with Crippen molar-refractivity contribution in [3.05, 3.63) is 34.9 Å². The topological polar surface area (TPSA) is 69.7 Å².